The first kappa shape index (κ1) is 13.4. The summed E-state index contributed by atoms with van der Waals surface area (Å²) in [4.78, 5) is 15.6. The Bertz CT molecular complexity index is 486. The van der Waals surface area contributed by atoms with Gasteiger partial charge in [-0.2, -0.15) is 4.98 Å². The summed E-state index contributed by atoms with van der Waals surface area (Å²) in [5.41, 5.74) is -0.848. The molecule has 1 aromatic heterocycles. The van der Waals surface area contributed by atoms with E-state index in [1.54, 1.807) is 18.2 Å². The molecule has 5 nitrogen and oxygen atoms in total. The van der Waals surface area contributed by atoms with Gasteiger partial charge >= 0.3 is 5.97 Å². The lowest BCUT2D eigenvalue weighted by atomic mass is 9.78. The molecular weight excluding hydrogens is 246 g/mol. The van der Waals surface area contributed by atoms with Crippen molar-refractivity contribution in [3.63, 3.8) is 0 Å². The smallest absolute Gasteiger partial charge is 0.313 e. The number of rotatable bonds is 5. The minimum atomic E-state index is -0.848. The lowest BCUT2D eigenvalue weighted by molar-refractivity contribution is -0.151. The van der Waals surface area contributed by atoms with Crippen LogP contribution < -0.4 is 9.47 Å². The SMILES string of the molecule is COc1cccc(OCC2(C(=O)O)CC=CCC2)n1. The van der Waals surface area contributed by atoms with Crippen molar-refractivity contribution in [2.24, 2.45) is 5.41 Å². The predicted molar refractivity (Wildman–Crippen MR) is 69.3 cm³/mol. The number of carbonyl (C=O) groups is 1. The van der Waals surface area contributed by atoms with Crippen molar-refractivity contribution in [3.8, 4) is 11.8 Å². The Labute approximate surface area is 111 Å². The first-order valence-corrected chi connectivity index (χ1v) is 6.18. The second-order valence-electron chi connectivity index (χ2n) is 4.61. The fourth-order valence-electron chi connectivity index (χ4n) is 2.08. The average Bonchev–Trinajstić information content (AvgIpc) is 2.46. The van der Waals surface area contributed by atoms with Crippen LogP contribution in [0.3, 0.4) is 0 Å². The van der Waals surface area contributed by atoms with Crippen molar-refractivity contribution < 1.29 is 19.4 Å². The molecule has 0 spiro atoms. The molecule has 0 aromatic carbocycles. The number of aromatic nitrogens is 1. The summed E-state index contributed by atoms with van der Waals surface area (Å²) < 4.78 is 10.5. The topological polar surface area (TPSA) is 68.7 Å². The standard InChI is InChI=1S/C14H17NO4/c1-18-11-6-5-7-12(15-11)19-10-14(13(16)17)8-3-2-4-9-14/h2-3,5-7H,4,8-10H2,1H3,(H,16,17). The number of hydrogen-bond donors (Lipinski definition) is 1. The predicted octanol–water partition coefficient (Wildman–Crippen LogP) is 2.28. The van der Waals surface area contributed by atoms with E-state index >= 15 is 0 Å². The third-order valence-corrected chi connectivity index (χ3v) is 3.32. The van der Waals surface area contributed by atoms with E-state index in [1.165, 1.54) is 7.11 Å². The number of allylic oxidation sites excluding steroid dienone is 2. The Balaban J connectivity index is 2.06. The molecule has 2 rings (SSSR count). The summed E-state index contributed by atoms with van der Waals surface area (Å²) in [6, 6.07) is 5.16. The zero-order valence-electron chi connectivity index (χ0n) is 10.8. The van der Waals surface area contributed by atoms with Crippen LogP contribution in [0, 0.1) is 5.41 Å². The molecule has 0 radical (unpaired) electrons. The molecule has 0 bridgehead atoms. The third-order valence-electron chi connectivity index (χ3n) is 3.32. The highest BCUT2D eigenvalue weighted by Gasteiger charge is 2.39. The van der Waals surface area contributed by atoms with Gasteiger partial charge in [-0.1, -0.05) is 18.2 Å². The second-order valence-corrected chi connectivity index (χ2v) is 4.61. The van der Waals surface area contributed by atoms with Crippen molar-refractivity contribution in [2.45, 2.75) is 19.3 Å². The molecule has 1 aliphatic carbocycles. The number of hydrogen-bond acceptors (Lipinski definition) is 4. The van der Waals surface area contributed by atoms with Gasteiger partial charge in [-0.15, -0.1) is 0 Å². The Morgan fingerprint density at radius 2 is 2.21 bits per heavy atom. The number of carboxylic acids is 1. The molecule has 1 heterocycles. The van der Waals surface area contributed by atoms with Gasteiger partial charge in [0.25, 0.3) is 0 Å². The van der Waals surface area contributed by atoms with Crippen LogP contribution in [0.4, 0.5) is 0 Å². The van der Waals surface area contributed by atoms with E-state index in [0.717, 1.165) is 6.42 Å². The van der Waals surface area contributed by atoms with Gasteiger partial charge in [0.1, 0.15) is 12.0 Å². The summed E-state index contributed by atoms with van der Waals surface area (Å²) in [7, 11) is 1.52. The molecule has 0 fully saturated rings. The molecule has 0 amide bonds. The van der Waals surface area contributed by atoms with E-state index in [9.17, 15) is 9.90 Å². The molecule has 1 aliphatic rings. The van der Waals surface area contributed by atoms with Crippen LogP contribution in [0.25, 0.3) is 0 Å². The summed E-state index contributed by atoms with van der Waals surface area (Å²) in [6.45, 7) is 0.118. The maximum Gasteiger partial charge on any atom is 0.313 e. The first-order valence-electron chi connectivity index (χ1n) is 6.18. The van der Waals surface area contributed by atoms with Crippen LogP contribution >= 0.6 is 0 Å². The van der Waals surface area contributed by atoms with E-state index in [1.807, 2.05) is 12.2 Å². The maximum absolute atomic E-state index is 11.5. The van der Waals surface area contributed by atoms with Crippen molar-refractivity contribution in [3.05, 3.63) is 30.4 Å². The fourth-order valence-corrected chi connectivity index (χ4v) is 2.08. The van der Waals surface area contributed by atoms with Gasteiger partial charge in [-0.05, 0) is 19.3 Å². The maximum atomic E-state index is 11.5. The van der Waals surface area contributed by atoms with Gasteiger partial charge in [0.2, 0.25) is 11.8 Å². The number of nitrogens with zero attached hydrogens (tertiary/aromatic N) is 1. The Morgan fingerprint density at radius 3 is 2.84 bits per heavy atom. The molecule has 1 N–H and O–H groups in total. The van der Waals surface area contributed by atoms with Crippen molar-refractivity contribution in [1.82, 2.24) is 4.98 Å². The van der Waals surface area contributed by atoms with Crippen molar-refractivity contribution in [2.75, 3.05) is 13.7 Å². The Kier molecular flexibility index (Phi) is 4.04. The monoisotopic (exact) mass is 263 g/mol. The van der Waals surface area contributed by atoms with Crippen LogP contribution in [0.1, 0.15) is 19.3 Å². The molecule has 19 heavy (non-hydrogen) atoms. The molecule has 0 aliphatic heterocycles. The summed E-state index contributed by atoms with van der Waals surface area (Å²) in [5, 5.41) is 9.41. The van der Waals surface area contributed by atoms with Gasteiger partial charge in [-0.25, -0.2) is 0 Å². The molecular formula is C14H17NO4. The molecule has 0 saturated heterocycles. The van der Waals surface area contributed by atoms with Gasteiger partial charge in [0.15, 0.2) is 0 Å². The zero-order valence-corrected chi connectivity index (χ0v) is 10.8. The highest BCUT2D eigenvalue weighted by Crippen LogP contribution is 2.33. The number of aliphatic carboxylic acids is 1. The normalized spacial score (nSPS) is 21.9. The molecule has 1 aromatic rings. The average molecular weight is 263 g/mol. The largest absolute Gasteiger partial charge is 0.481 e. The van der Waals surface area contributed by atoms with Gasteiger partial charge in [0, 0.05) is 12.1 Å². The minimum Gasteiger partial charge on any atom is -0.481 e. The van der Waals surface area contributed by atoms with E-state index in [4.69, 9.17) is 9.47 Å². The zero-order chi connectivity index (χ0) is 13.7. The number of ether oxygens (including phenoxy) is 2. The first-order chi connectivity index (χ1) is 9.16. The molecule has 0 saturated carbocycles. The van der Waals surface area contributed by atoms with Gasteiger partial charge in [-0.3, -0.25) is 4.79 Å². The summed E-state index contributed by atoms with van der Waals surface area (Å²) >= 11 is 0. The van der Waals surface area contributed by atoms with Crippen LogP contribution in [0.2, 0.25) is 0 Å². The van der Waals surface area contributed by atoms with E-state index in [-0.39, 0.29) is 6.61 Å². The van der Waals surface area contributed by atoms with Gasteiger partial charge < -0.3 is 14.6 Å². The number of pyridine rings is 1. The van der Waals surface area contributed by atoms with Crippen LogP contribution in [0.5, 0.6) is 11.8 Å². The Hall–Kier alpha value is -2.04. The van der Waals surface area contributed by atoms with Crippen LogP contribution in [-0.4, -0.2) is 29.8 Å². The lowest BCUT2D eigenvalue weighted by Gasteiger charge is -2.29. The van der Waals surface area contributed by atoms with Crippen molar-refractivity contribution in [1.29, 1.82) is 0 Å². The van der Waals surface area contributed by atoms with E-state index in [2.05, 4.69) is 4.98 Å². The lowest BCUT2D eigenvalue weighted by Crippen LogP contribution is -2.38. The summed E-state index contributed by atoms with van der Waals surface area (Å²) in [5.74, 6) is 0.0136. The Morgan fingerprint density at radius 1 is 1.42 bits per heavy atom. The van der Waals surface area contributed by atoms with Crippen LogP contribution in [0.15, 0.2) is 30.4 Å². The minimum absolute atomic E-state index is 0.118. The van der Waals surface area contributed by atoms with Gasteiger partial charge in [0.05, 0.1) is 7.11 Å². The fraction of sp³-hybridized carbons (Fsp3) is 0.429. The highest BCUT2D eigenvalue weighted by molar-refractivity contribution is 5.75. The molecule has 102 valence electrons. The summed E-state index contributed by atoms with van der Waals surface area (Å²) in [6.07, 6.45) is 5.75. The van der Waals surface area contributed by atoms with E-state index < -0.39 is 11.4 Å². The third kappa shape index (κ3) is 3.05. The van der Waals surface area contributed by atoms with E-state index in [0.29, 0.717) is 24.6 Å². The molecule has 1 unspecified atom stereocenters. The quantitative estimate of drug-likeness (QED) is 0.825. The number of carboxylic acid groups (broad SMARTS) is 1. The highest BCUT2D eigenvalue weighted by atomic mass is 16.5. The van der Waals surface area contributed by atoms with Crippen molar-refractivity contribution >= 4 is 5.97 Å². The molecule has 1 atom stereocenters. The second kappa shape index (κ2) is 5.73. The van der Waals surface area contributed by atoms with Crippen LogP contribution in [-0.2, 0) is 4.79 Å². The molecule has 5 heteroatoms. The number of methoxy groups -OCH3 is 1.